The van der Waals surface area contributed by atoms with Crippen molar-refractivity contribution in [2.45, 2.75) is 19.8 Å². The van der Waals surface area contributed by atoms with E-state index in [-0.39, 0.29) is 11.9 Å². The Morgan fingerprint density at radius 2 is 1.39 bits per heavy atom. The molecule has 0 aliphatic carbocycles. The van der Waals surface area contributed by atoms with Crippen LogP contribution in [0.4, 0.5) is 0 Å². The molecule has 0 atom stereocenters. The van der Waals surface area contributed by atoms with Crippen LogP contribution < -0.4 is 0 Å². The summed E-state index contributed by atoms with van der Waals surface area (Å²) in [7, 11) is 0. The van der Waals surface area contributed by atoms with Gasteiger partial charge in [0.2, 0.25) is 0 Å². The molecule has 23 heavy (non-hydrogen) atoms. The SMILES string of the molecule is CCN(CC)CC(=O)OCC(c1ccccc1)c1ccccc1. The molecule has 3 nitrogen and oxygen atoms in total. The number of hydrogen-bond donors (Lipinski definition) is 0. The minimum atomic E-state index is -0.162. The molecule has 0 fully saturated rings. The Morgan fingerprint density at radius 3 is 1.83 bits per heavy atom. The largest absolute Gasteiger partial charge is 0.464 e. The van der Waals surface area contributed by atoms with Crippen LogP contribution in [-0.4, -0.2) is 37.1 Å². The van der Waals surface area contributed by atoms with Crippen LogP contribution in [0.2, 0.25) is 0 Å². The van der Waals surface area contributed by atoms with E-state index in [9.17, 15) is 4.79 Å². The lowest BCUT2D eigenvalue weighted by molar-refractivity contribution is -0.145. The first kappa shape index (κ1) is 17.2. The van der Waals surface area contributed by atoms with E-state index in [1.54, 1.807) is 0 Å². The van der Waals surface area contributed by atoms with E-state index in [4.69, 9.17) is 4.74 Å². The fraction of sp³-hybridized carbons (Fsp3) is 0.350. The van der Waals surface area contributed by atoms with Crippen molar-refractivity contribution in [2.24, 2.45) is 0 Å². The van der Waals surface area contributed by atoms with Crippen molar-refractivity contribution in [3.63, 3.8) is 0 Å². The van der Waals surface area contributed by atoms with Crippen LogP contribution in [0.15, 0.2) is 60.7 Å². The summed E-state index contributed by atoms with van der Waals surface area (Å²) < 4.78 is 5.57. The Morgan fingerprint density at radius 1 is 0.913 bits per heavy atom. The fourth-order valence-corrected chi connectivity index (χ4v) is 2.61. The lowest BCUT2D eigenvalue weighted by Crippen LogP contribution is -2.31. The van der Waals surface area contributed by atoms with Crippen molar-refractivity contribution in [2.75, 3.05) is 26.2 Å². The van der Waals surface area contributed by atoms with E-state index in [0.717, 1.165) is 24.2 Å². The van der Waals surface area contributed by atoms with Gasteiger partial charge in [-0.3, -0.25) is 9.69 Å². The molecule has 0 aliphatic rings. The van der Waals surface area contributed by atoms with E-state index in [0.29, 0.717) is 13.2 Å². The van der Waals surface area contributed by atoms with Gasteiger partial charge < -0.3 is 4.74 Å². The van der Waals surface area contributed by atoms with Crippen molar-refractivity contribution >= 4 is 5.97 Å². The van der Waals surface area contributed by atoms with Gasteiger partial charge in [0.05, 0.1) is 6.54 Å². The average Bonchev–Trinajstić information content (AvgIpc) is 2.61. The molecule has 2 aromatic rings. The standard InChI is InChI=1S/C20H25NO2/c1-3-21(4-2)15-20(22)23-16-19(17-11-7-5-8-12-17)18-13-9-6-10-14-18/h5-14,19H,3-4,15-16H2,1-2H3. The van der Waals surface area contributed by atoms with Gasteiger partial charge in [-0.25, -0.2) is 0 Å². The quantitative estimate of drug-likeness (QED) is 0.696. The predicted molar refractivity (Wildman–Crippen MR) is 93.5 cm³/mol. The van der Waals surface area contributed by atoms with Gasteiger partial charge in [-0.05, 0) is 24.2 Å². The number of likely N-dealkylation sites (N-methyl/N-ethyl adjacent to an activating group) is 1. The molecule has 0 aromatic heterocycles. The third kappa shape index (κ3) is 5.22. The summed E-state index contributed by atoms with van der Waals surface area (Å²) in [5, 5.41) is 0. The monoisotopic (exact) mass is 311 g/mol. The fourth-order valence-electron chi connectivity index (χ4n) is 2.61. The van der Waals surface area contributed by atoms with E-state index < -0.39 is 0 Å². The van der Waals surface area contributed by atoms with Crippen LogP contribution in [0.5, 0.6) is 0 Å². The van der Waals surface area contributed by atoms with Gasteiger partial charge in [-0.15, -0.1) is 0 Å². The molecule has 2 aromatic carbocycles. The first-order valence-electron chi connectivity index (χ1n) is 8.22. The van der Waals surface area contributed by atoms with Crippen LogP contribution in [0.3, 0.4) is 0 Å². The lowest BCUT2D eigenvalue weighted by Gasteiger charge is -2.20. The van der Waals surface area contributed by atoms with Crippen molar-refractivity contribution < 1.29 is 9.53 Å². The molecule has 0 saturated carbocycles. The second-order valence-electron chi connectivity index (χ2n) is 5.52. The van der Waals surface area contributed by atoms with Gasteiger partial charge in [0, 0.05) is 5.92 Å². The molecule has 122 valence electrons. The molecule has 0 N–H and O–H groups in total. The highest BCUT2D eigenvalue weighted by molar-refractivity contribution is 5.71. The molecule has 0 radical (unpaired) electrons. The second-order valence-corrected chi connectivity index (χ2v) is 5.52. The maximum Gasteiger partial charge on any atom is 0.320 e. The highest BCUT2D eigenvalue weighted by Gasteiger charge is 2.17. The number of carbonyl (C=O) groups excluding carboxylic acids is 1. The van der Waals surface area contributed by atoms with E-state index in [1.807, 2.05) is 50.2 Å². The Bertz CT molecular complexity index is 540. The van der Waals surface area contributed by atoms with Gasteiger partial charge in [0.15, 0.2) is 0 Å². The summed E-state index contributed by atoms with van der Waals surface area (Å²) in [5.41, 5.74) is 2.32. The third-order valence-electron chi connectivity index (χ3n) is 4.06. The van der Waals surface area contributed by atoms with Crippen LogP contribution >= 0.6 is 0 Å². The smallest absolute Gasteiger partial charge is 0.320 e. The summed E-state index contributed by atoms with van der Waals surface area (Å²) in [5.74, 6) is -0.0939. The molecule has 0 heterocycles. The first-order valence-corrected chi connectivity index (χ1v) is 8.22. The van der Waals surface area contributed by atoms with Gasteiger partial charge in [0.25, 0.3) is 0 Å². The van der Waals surface area contributed by atoms with Gasteiger partial charge in [-0.2, -0.15) is 0 Å². The van der Waals surface area contributed by atoms with Crippen LogP contribution in [0, 0.1) is 0 Å². The summed E-state index contributed by atoms with van der Waals surface area (Å²) in [6.45, 7) is 6.53. The predicted octanol–water partition coefficient (Wildman–Crippen LogP) is 3.70. The second kappa shape index (κ2) is 9.11. The third-order valence-corrected chi connectivity index (χ3v) is 4.06. The zero-order valence-electron chi connectivity index (χ0n) is 13.9. The van der Waals surface area contributed by atoms with E-state index in [1.165, 1.54) is 0 Å². The Labute approximate surface area is 138 Å². The number of esters is 1. The van der Waals surface area contributed by atoms with Crippen molar-refractivity contribution in [1.82, 2.24) is 4.90 Å². The Balaban J connectivity index is 2.06. The summed E-state index contributed by atoms with van der Waals surface area (Å²) >= 11 is 0. The highest BCUT2D eigenvalue weighted by Crippen LogP contribution is 2.24. The number of ether oxygens (including phenoxy) is 1. The minimum absolute atomic E-state index is 0.0676. The maximum absolute atomic E-state index is 12.1. The number of hydrogen-bond acceptors (Lipinski definition) is 3. The molecule has 0 amide bonds. The Kier molecular flexibility index (Phi) is 6.82. The summed E-state index contributed by atoms with van der Waals surface area (Å²) in [6, 6.07) is 20.4. The molecule has 3 heteroatoms. The van der Waals surface area contributed by atoms with Gasteiger partial charge >= 0.3 is 5.97 Å². The van der Waals surface area contributed by atoms with Crippen LogP contribution in [-0.2, 0) is 9.53 Å². The van der Waals surface area contributed by atoms with Crippen molar-refractivity contribution in [3.05, 3.63) is 71.8 Å². The first-order chi connectivity index (χ1) is 11.2. The zero-order valence-corrected chi connectivity index (χ0v) is 13.9. The normalized spacial score (nSPS) is 11.0. The summed E-state index contributed by atoms with van der Waals surface area (Å²) in [4.78, 5) is 14.1. The summed E-state index contributed by atoms with van der Waals surface area (Å²) in [6.07, 6.45) is 0. The number of nitrogens with zero attached hydrogens (tertiary/aromatic N) is 1. The molecular formula is C20H25NO2. The molecule has 0 bridgehead atoms. The van der Waals surface area contributed by atoms with Gasteiger partial charge in [-0.1, -0.05) is 74.5 Å². The van der Waals surface area contributed by atoms with E-state index in [2.05, 4.69) is 29.2 Å². The van der Waals surface area contributed by atoms with Crippen LogP contribution in [0.1, 0.15) is 30.9 Å². The molecule has 0 unspecified atom stereocenters. The molecule has 2 rings (SSSR count). The average molecular weight is 311 g/mol. The van der Waals surface area contributed by atoms with Crippen LogP contribution in [0.25, 0.3) is 0 Å². The lowest BCUT2D eigenvalue weighted by atomic mass is 9.92. The number of rotatable bonds is 8. The molecular weight excluding hydrogens is 286 g/mol. The minimum Gasteiger partial charge on any atom is -0.464 e. The zero-order chi connectivity index (χ0) is 16.5. The maximum atomic E-state index is 12.1. The highest BCUT2D eigenvalue weighted by atomic mass is 16.5. The molecule has 0 spiro atoms. The van der Waals surface area contributed by atoms with Crippen molar-refractivity contribution in [3.8, 4) is 0 Å². The topological polar surface area (TPSA) is 29.5 Å². The number of carbonyl (C=O) groups is 1. The van der Waals surface area contributed by atoms with E-state index >= 15 is 0 Å². The molecule has 0 aliphatic heterocycles. The van der Waals surface area contributed by atoms with Gasteiger partial charge in [0.1, 0.15) is 6.61 Å². The van der Waals surface area contributed by atoms with Crippen molar-refractivity contribution in [1.29, 1.82) is 0 Å². The molecule has 0 saturated heterocycles. The number of benzene rings is 2. The Hall–Kier alpha value is -2.13.